The normalized spacial score (nSPS) is 11.1. The Bertz CT molecular complexity index is 803. The van der Waals surface area contributed by atoms with E-state index in [0.29, 0.717) is 5.56 Å². The summed E-state index contributed by atoms with van der Waals surface area (Å²) in [7, 11) is -3.87. The van der Waals surface area contributed by atoms with Gasteiger partial charge in [-0.3, -0.25) is 9.78 Å². The molecule has 0 spiro atoms. The van der Waals surface area contributed by atoms with Gasteiger partial charge in [-0.2, -0.15) is 0 Å². The minimum absolute atomic E-state index is 0.0608. The number of carbonyl (C=O) groups excluding carboxylic acids is 1. The van der Waals surface area contributed by atoms with Crippen LogP contribution in [-0.2, 0) is 10.0 Å². The van der Waals surface area contributed by atoms with Crippen LogP contribution in [0.5, 0.6) is 5.75 Å². The van der Waals surface area contributed by atoms with Gasteiger partial charge in [-0.05, 0) is 30.7 Å². The van der Waals surface area contributed by atoms with E-state index in [9.17, 15) is 18.3 Å². The first-order valence-electron chi connectivity index (χ1n) is 5.86. The van der Waals surface area contributed by atoms with E-state index in [4.69, 9.17) is 5.14 Å². The molecule has 0 unspecified atom stereocenters. The number of aromatic hydroxyl groups is 1. The second-order valence-electron chi connectivity index (χ2n) is 4.41. The molecule has 0 fully saturated rings. The fourth-order valence-electron chi connectivity index (χ4n) is 1.74. The lowest BCUT2D eigenvalue weighted by molar-refractivity contribution is 0.102. The van der Waals surface area contributed by atoms with Crippen molar-refractivity contribution in [3.8, 4) is 5.75 Å². The van der Waals surface area contributed by atoms with Gasteiger partial charge in [0.25, 0.3) is 5.91 Å². The Morgan fingerprint density at radius 3 is 2.62 bits per heavy atom. The Balaban J connectivity index is 2.30. The lowest BCUT2D eigenvalue weighted by atomic mass is 10.2. The molecule has 0 bridgehead atoms. The molecule has 1 amide bonds. The van der Waals surface area contributed by atoms with E-state index >= 15 is 0 Å². The van der Waals surface area contributed by atoms with Crippen molar-refractivity contribution in [3.05, 3.63) is 47.8 Å². The molecular formula is C13H13N3O4S. The summed E-state index contributed by atoms with van der Waals surface area (Å²) in [6, 6.07) is 5.62. The van der Waals surface area contributed by atoms with Gasteiger partial charge in [-0.1, -0.05) is 6.07 Å². The number of rotatable bonds is 3. The van der Waals surface area contributed by atoms with Crippen molar-refractivity contribution >= 4 is 21.6 Å². The number of anilines is 1. The van der Waals surface area contributed by atoms with Crippen molar-refractivity contribution < 1.29 is 18.3 Å². The second-order valence-corrected chi connectivity index (χ2v) is 5.94. The van der Waals surface area contributed by atoms with E-state index in [1.54, 1.807) is 13.0 Å². The molecule has 0 aliphatic carbocycles. The third kappa shape index (κ3) is 3.56. The maximum absolute atomic E-state index is 12.0. The predicted molar refractivity (Wildman–Crippen MR) is 76.4 cm³/mol. The van der Waals surface area contributed by atoms with Crippen molar-refractivity contribution in [1.82, 2.24) is 4.98 Å². The van der Waals surface area contributed by atoms with Gasteiger partial charge in [0.1, 0.15) is 5.75 Å². The molecule has 1 heterocycles. The summed E-state index contributed by atoms with van der Waals surface area (Å²) in [5, 5.41) is 16.9. The van der Waals surface area contributed by atoms with Crippen molar-refractivity contribution in [1.29, 1.82) is 0 Å². The highest BCUT2D eigenvalue weighted by Crippen LogP contribution is 2.20. The number of hydrogen-bond donors (Lipinski definition) is 3. The molecule has 0 aliphatic heterocycles. The van der Waals surface area contributed by atoms with E-state index in [-0.39, 0.29) is 21.9 Å². The average molecular weight is 307 g/mol. The number of primary sulfonamides is 1. The summed E-state index contributed by atoms with van der Waals surface area (Å²) in [5.74, 6) is -0.667. The summed E-state index contributed by atoms with van der Waals surface area (Å²) in [4.78, 5) is 15.6. The van der Waals surface area contributed by atoms with E-state index in [1.807, 2.05) is 0 Å². The number of hydrogen-bond acceptors (Lipinski definition) is 5. The number of nitrogens with two attached hydrogens (primary N) is 1. The molecule has 0 saturated heterocycles. The number of nitrogens with one attached hydrogen (secondary N) is 1. The molecule has 4 N–H and O–H groups in total. The SMILES string of the molecule is Cc1ccc(NC(=O)c2cncc(O)c2)cc1S(N)(=O)=O. The first-order valence-corrected chi connectivity index (χ1v) is 7.41. The first-order chi connectivity index (χ1) is 9.77. The van der Waals surface area contributed by atoms with Crippen LogP contribution in [0, 0.1) is 6.92 Å². The van der Waals surface area contributed by atoms with Crippen molar-refractivity contribution in [2.45, 2.75) is 11.8 Å². The molecule has 21 heavy (non-hydrogen) atoms. The number of nitrogens with zero attached hydrogens (tertiary/aromatic N) is 1. The third-order valence-corrected chi connectivity index (χ3v) is 3.79. The maximum Gasteiger partial charge on any atom is 0.257 e. The minimum atomic E-state index is -3.87. The van der Waals surface area contributed by atoms with Crippen LogP contribution in [0.4, 0.5) is 5.69 Å². The van der Waals surface area contributed by atoms with Gasteiger partial charge in [0.05, 0.1) is 16.7 Å². The topological polar surface area (TPSA) is 122 Å². The van der Waals surface area contributed by atoms with Crippen LogP contribution < -0.4 is 10.5 Å². The van der Waals surface area contributed by atoms with E-state index < -0.39 is 15.9 Å². The summed E-state index contributed by atoms with van der Waals surface area (Å²) in [5.41, 5.74) is 0.903. The predicted octanol–water partition coefficient (Wildman–Crippen LogP) is 0.995. The highest BCUT2D eigenvalue weighted by molar-refractivity contribution is 7.89. The number of carbonyl (C=O) groups is 1. The number of sulfonamides is 1. The molecular weight excluding hydrogens is 294 g/mol. The van der Waals surface area contributed by atoms with Crippen LogP contribution in [0.25, 0.3) is 0 Å². The fourth-order valence-corrected chi connectivity index (χ4v) is 2.55. The monoisotopic (exact) mass is 307 g/mol. The molecule has 0 radical (unpaired) electrons. The zero-order valence-corrected chi connectivity index (χ0v) is 11.9. The summed E-state index contributed by atoms with van der Waals surface area (Å²) >= 11 is 0. The van der Waals surface area contributed by atoms with Crippen LogP contribution in [0.1, 0.15) is 15.9 Å². The molecule has 2 aromatic rings. The quantitative estimate of drug-likeness (QED) is 0.780. The number of amides is 1. The zero-order valence-electron chi connectivity index (χ0n) is 11.1. The Morgan fingerprint density at radius 1 is 1.29 bits per heavy atom. The molecule has 7 nitrogen and oxygen atoms in total. The Hall–Kier alpha value is -2.45. The minimum Gasteiger partial charge on any atom is -0.506 e. The van der Waals surface area contributed by atoms with Gasteiger partial charge in [0.15, 0.2) is 0 Å². The number of aromatic nitrogens is 1. The first kappa shape index (κ1) is 14.9. The van der Waals surface area contributed by atoms with Gasteiger partial charge in [0, 0.05) is 11.9 Å². The van der Waals surface area contributed by atoms with Gasteiger partial charge in [-0.25, -0.2) is 13.6 Å². The van der Waals surface area contributed by atoms with Crippen LogP contribution in [0.3, 0.4) is 0 Å². The summed E-state index contributed by atoms with van der Waals surface area (Å²) in [6.45, 7) is 1.60. The number of pyridine rings is 1. The average Bonchev–Trinajstić information content (AvgIpc) is 2.39. The fraction of sp³-hybridized carbons (Fsp3) is 0.0769. The molecule has 2 rings (SSSR count). The van der Waals surface area contributed by atoms with Gasteiger partial charge >= 0.3 is 0 Å². The highest BCUT2D eigenvalue weighted by Gasteiger charge is 2.14. The third-order valence-electron chi connectivity index (χ3n) is 2.74. The molecule has 110 valence electrons. The van der Waals surface area contributed by atoms with E-state index in [0.717, 1.165) is 0 Å². The second kappa shape index (κ2) is 5.51. The van der Waals surface area contributed by atoms with Crippen LogP contribution in [0.15, 0.2) is 41.6 Å². The standard InChI is InChI=1S/C13H13N3O4S/c1-8-2-3-10(5-12(8)21(14,19)20)16-13(18)9-4-11(17)7-15-6-9/h2-7,17H,1H3,(H,16,18)(H2,14,19,20). The maximum atomic E-state index is 12.0. The Morgan fingerprint density at radius 2 is 2.00 bits per heavy atom. The van der Waals surface area contributed by atoms with Crippen molar-refractivity contribution in [2.75, 3.05) is 5.32 Å². The summed E-state index contributed by atoms with van der Waals surface area (Å²) in [6.07, 6.45) is 2.48. The van der Waals surface area contributed by atoms with E-state index in [1.165, 1.54) is 30.6 Å². The lowest BCUT2D eigenvalue weighted by Crippen LogP contribution is -2.16. The molecule has 0 saturated carbocycles. The van der Waals surface area contributed by atoms with Crippen LogP contribution in [-0.4, -0.2) is 24.4 Å². The van der Waals surface area contributed by atoms with Gasteiger partial charge in [0.2, 0.25) is 10.0 Å². The number of benzene rings is 1. The van der Waals surface area contributed by atoms with Gasteiger partial charge in [-0.15, -0.1) is 0 Å². The van der Waals surface area contributed by atoms with Crippen molar-refractivity contribution in [3.63, 3.8) is 0 Å². The molecule has 8 heteroatoms. The number of aryl methyl sites for hydroxylation is 1. The molecule has 0 aliphatic rings. The molecule has 0 atom stereocenters. The van der Waals surface area contributed by atoms with Crippen LogP contribution in [0.2, 0.25) is 0 Å². The highest BCUT2D eigenvalue weighted by atomic mass is 32.2. The molecule has 1 aromatic carbocycles. The Labute approximate surface area is 121 Å². The van der Waals surface area contributed by atoms with Crippen molar-refractivity contribution in [2.24, 2.45) is 5.14 Å². The largest absolute Gasteiger partial charge is 0.506 e. The molecule has 1 aromatic heterocycles. The van der Waals surface area contributed by atoms with Crippen LogP contribution >= 0.6 is 0 Å². The smallest absolute Gasteiger partial charge is 0.257 e. The summed E-state index contributed by atoms with van der Waals surface area (Å²) < 4.78 is 22.9. The zero-order chi connectivity index (χ0) is 15.6. The Kier molecular flexibility index (Phi) is 3.92. The van der Waals surface area contributed by atoms with E-state index in [2.05, 4.69) is 10.3 Å². The van der Waals surface area contributed by atoms with Gasteiger partial charge < -0.3 is 10.4 Å². The lowest BCUT2D eigenvalue weighted by Gasteiger charge is -2.09.